The number of amides is 1. The highest BCUT2D eigenvalue weighted by atomic mass is 32.2. The molecule has 1 heterocycles. The third-order valence-electron chi connectivity index (χ3n) is 6.39. The Morgan fingerprint density at radius 2 is 1.77 bits per heavy atom. The predicted octanol–water partition coefficient (Wildman–Crippen LogP) is 3.39. The van der Waals surface area contributed by atoms with Gasteiger partial charge in [0.1, 0.15) is 11.9 Å². The Bertz CT molecular complexity index is 1500. The summed E-state index contributed by atoms with van der Waals surface area (Å²) < 4.78 is 38.8. The van der Waals surface area contributed by atoms with E-state index in [1.807, 2.05) is 0 Å². The number of anilines is 1. The predicted molar refractivity (Wildman–Crippen MR) is 131 cm³/mol. The van der Waals surface area contributed by atoms with Gasteiger partial charge in [0, 0.05) is 16.8 Å². The third kappa shape index (κ3) is 4.89. The number of primary sulfonamides is 1. The molecule has 1 amide bonds. The Labute approximate surface area is 203 Å². The fourth-order valence-corrected chi connectivity index (χ4v) is 5.23. The van der Waals surface area contributed by atoms with Crippen molar-refractivity contribution in [2.45, 2.75) is 57.4 Å². The van der Waals surface area contributed by atoms with E-state index in [0.29, 0.717) is 46.5 Å². The van der Waals surface area contributed by atoms with Crippen LogP contribution in [0.25, 0.3) is 11.3 Å². The van der Waals surface area contributed by atoms with Crippen molar-refractivity contribution >= 4 is 21.6 Å². The van der Waals surface area contributed by atoms with Crippen molar-refractivity contribution < 1.29 is 17.6 Å². The van der Waals surface area contributed by atoms with Crippen molar-refractivity contribution in [1.82, 2.24) is 9.78 Å². The van der Waals surface area contributed by atoms with Gasteiger partial charge in [-0.25, -0.2) is 22.6 Å². The molecule has 184 valence electrons. The van der Waals surface area contributed by atoms with Crippen molar-refractivity contribution in [1.29, 1.82) is 0 Å². The molecule has 0 spiro atoms. The summed E-state index contributed by atoms with van der Waals surface area (Å²) in [7, 11) is -3.96. The first kappa shape index (κ1) is 24.7. The number of aromatic nitrogens is 2. The SMILES string of the molecule is Cc1cc(F)ccc1NC(=O)[C@H](C)n1nc(-c2ccc(C)c(S(N)(=O)=O)c2)c2c(c1=O)CCCC2. The Morgan fingerprint density at radius 3 is 2.43 bits per heavy atom. The molecular formula is C25H27FN4O4S. The number of carbonyl (C=O) groups excluding carboxylic acids is 1. The van der Waals surface area contributed by atoms with E-state index >= 15 is 0 Å². The van der Waals surface area contributed by atoms with Crippen LogP contribution in [0.15, 0.2) is 46.1 Å². The number of hydrogen-bond donors (Lipinski definition) is 2. The van der Waals surface area contributed by atoms with Crippen LogP contribution in [0.3, 0.4) is 0 Å². The highest BCUT2D eigenvalue weighted by Gasteiger charge is 2.26. The highest BCUT2D eigenvalue weighted by Crippen LogP contribution is 2.31. The summed E-state index contributed by atoms with van der Waals surface area (Å²) in [5.41, 5.74) is 3.45. The minimum atomic E-state index is -3.96. The molecule has 0 fully saturated rings. The van der Waals surface area contributed by atoms with Crippen LogP contribution in [-0.4, -0.2) is 24.1 Å². The molecule has 1 aromatic heterocycles. The molecular weight excluding hydrogens is 471 g/mol. The lowest BCUT2D eigenvalue weighted by molar-refractivity contribution is -0.119. The normalized spacial score (nSPS) is 14.3. The van der Waals surface area contributed by atoms with Crippen LogP contribution in [0.1, 0.15) is 48.1 Å². The van der Waals surface area contributed by atoms with Gasteiger partial charge in [-0.2, -0.15) is 5.10 Å². The molecule has 0 bridgehead atoms. The molecule has 1 atom stereocenters. The zero-order valence-corrected chi connectivity index (χ0v) is 20.6. The van der Waals surface area contributed by atoms with E-state index in [2.05, 4.69) is 10.4 Å². The average molecular weight is 499 g/mol. The lowest BCUT2D eigenvalue weighted by atomic mass is 9.89. The van der Waals surface area contributed by atoms with Gasteiger partial charge in [-0.1, -0.05) is 12.1 Å². The topological polar surface area (TPSA) is 124 Å². The standard InChI is InChI=1S/C25H27FN4O4S/c1-14-8-9-17(13-22(14)35(27,33)34)23-19-6-4-5-7-20(19)25(32)30(29-23)16(3)24(31)28-21-11-10-18(26)12-15(21)2/h8-13,16H,4-7H2,1-3H3,(H,28,31)(H2,27,33,34)/t16-/m0/s1. The van der Waals surface area contributed by atoms with Gasteiger partial charge in [0.15, 0.2) is 0 Å². The fourth-order valence-electron chi connectivity index (χ4n) is 4.42. The van der Waals surface area contributed by atoms with Gasteiger partial charge in [-0.3, -0.25) is 9.59 Å². The minimum absolute atomic E-state index is 0.0170. The number of aryl methyl sites for hydroxylation is 2. The molecule has 35 heavy (non-hydrogen) atoms. The summed E-state index contributed by atoms with van der Waals surface area (Å²) in [5, 5.41) is 12.7. The molecule has 1 aliphatic carbocycles. The molecule has 0 aliphatic heterocycles. The largest absolute Gasteiger partial charge is 0.324 e. The van der Waals surface area contributed by atoms with E-state index in [4.69, 9.17) is 5.14 Å². The van der Waals surface area contributed by atoms with E-state index in [-0.39, 0.29) is 10.5 Å². The van der Waals surface area contributed by atoms with Crippen LogP contribution in [0.4, 0.5) is 10.1 Å². The molecule has 0 radical (unpaired) electrons. The van der Waals surface area contributed by atoms with Crippen LogP contribution >= 0.6 is 0 Å². The number of fused-ring (bicyclic) bond motifs is 1. The van der Waals surface area contributed by atoms with E-state index in [0.717, 1.165) is 23.1 Å². The van der Waals surface area contributed by atoms with Crippen molar-refractivity contribution in [3.05, 3.63) is 74.8 Å². The smallest absolute Gasteiger partial charge is 0.271 e. The molecule has 10 heteroatoms. The number of nitrogens with zero attached hydrogens (tertiary/aromatic N) is 2. The Morgan fingerprint density at radius 1 is 1.09 bits per heavy atom. The summed E-state index contributed by atoms with van der Waals surface area (Å²) in [5.74, 6) is -0.895. The second-order valence-corrected chi connectivity index (χ2v) is 10.4. The van der Waals surface area contributed by atoms with Gasteiger partial charge in [0.25, 0.3) is 5.56 Å². The number of sulfonamides is 1. The van der Waals surface area contributed by atoms with Gasteiger partial charge in [0.2, 0.25) is 15.9 Å². The van der Waals surface area contributed by atoms with E-state index in [1.54, 1.807) is 32.9 Å². The molecule has 0 saturated heterocycles. The second kappa shape index (κ2) is 9.35. The summed E-state index contributed by atoms with van der Waals surface area (Å²) in [4.78, 5) is 26.4. The van der Waals surface area contributed by atoms with Crippen molar-refractivity contribution in [3.63, 3.8) is 0 Å². The van der Waals surface area contributed by atoms with Gasteiger partial charge in [-0.15, -0.1) is 0 Å². The summed E-state index contributed by atoms with van der Waals surface area (Å²) >= 11 is 0. The fraction of sp³-hybridized carbons (Fsp3) is 0.320. The zero-order valence-electron chi connectivity index (χ0n) is 19.8. The average Bonchev–Trinajstić information content (AvgIpc) is 2.80. The highest BCUT2D eigenvalue weighted by molar-refractivity contribution is 7.89. The molecule has 1 aliphatic rings. The lowest BCUT2D eigenvalue weighted by Gasteiger charge is -2.23. The number of hydrogen-bond acceptors (Lipinski definition) is 5. The third-order valence-corrected chi connectivity index (χ3v) is 7.44. The van der Waals surface area contributed by atoms with Crippen molar-refractivity contribution in [2.24, 2.45) is 5.14 Å². The molecule has 3 aromatic rings. The van der Waals surface area contributed by atoms with E-state index in [9.17, 15) is 22.4 Å². The van der Waals surface area contributed by atoms with Gasteiger partial charge < -0.3 is 5.32 Å². The second-order valence-electron chi connectivity index (χ2n) is 8.91. The van der Waals surface area contributed by atoms with Gasteiger partial charge >= 0.3 is 0 Å². The summed E-state index contributed by atoms with van der Waals surface area (Å²) in [6, 6.07) is 7.89. The van der Waals surface area contributed by atoms with Crippen LogP contribution in [0.2, 0.25) is 0 Å². The maximum absolute atomic E-state index is 13.4. The molecule has 8 nitrogen and oxygen atoms in total. The van der Waals surface area contributed by atoms with Crippen LogP contribution in [0, 0.1) is 19.7 Å². The first-order chi connectivity index (χ1) is 16.5. The molecule has 4 rings (SSSR count). The van der Waals surface area contributed by atoms with Crippen LogP contribution in [0.5, 0.6) is 0 Å². The van der Waals surface area contributed by atoms with Gasteiger partial charge in [-0.05, 0) is 87.4 Å². The minimum Gasteiger partial charge on any atom is -0.324 e. The van der Waals surface area contributed by atoms with E-state index < -0.39 is 27.8 Å². The van der Waals surface area contributed by atoms with Gasteiger partial charge in [0.05, 0.1) is 10.6 Å². The number of nitrogens with two attached hydrogens (primary N) is 1. The molecule has 3 N–H and O–H groups in total. The zero-order chi connectivity index (χ0) is 25.5. The van der Waals surface area contributed by atoms with Crippen molar-refractivity contribution in [2.75, 3.05) is 5.32 Å². The lowest BCUT2D eigenvalue weighted by Crippen LogP contribution is -2.37. The molecule has 2 aromatic carbocycles. The van der Waals surface area contributed by atoms with Crippen molar-refractivity contribution in [3.8, 4) is 11.3 Å². The van der Waals surface area contributed by atoms with E-state index in [1.165, 1.54) is 24.3 Å². The maximum atomic E-state index is 13.4. The number of benzene rings is 2. The Balaban J connectivity index is 1.82. The summed E-state index contributed by atoms with van der Waals surface area (Å²) in [6.07, 6.45) is 2.88. The Hall–Kier alpha value is -3.37. The monoisotopic (exact) mass is 498 g/mol. The van der Waals surface area contributed by atoms with Crippen LogP contribution in [-0.2, 0) is 27.7 Å². The summed E-state index contributed by atoms with van der Waals surface area (Å²) in [6.45, 7) is 4.88. The number of halogens is 1. The first-order valence-corrected chi connectivity index (χ1v) is 12.9. The number of rotatable bonds is 5. The number of carbonyl (C=O) groups is 1. The number of nitrogens with one attached hydrogen (secondary N) is 1. The maximum Gasteiger partial charge on any atom is 0.271 e. The van der Waals surface area contributed by atoms with Crippen LogP contribution < -0.4 is 16.0 Å². The molecule has 0 unspecified atom stereocenters. The Kier molecular flexibility index (Phi) is 6.61. The first-order valence-electron chi connectivity index (χ1n) is 11.3. The molecule has 0 saturated carbocycles. The quantitative estimate of drug-likeness (QED) is 0.558.